The molecule has 0 bridgehead atoms. The molecule has 0 radical (unpaired) electrons. The molecule has 0 aromatic rings. The second-order valence-electron chi connectivity index (χ2n) is 9.00. The van der Waals surface area contributed by atoms with Crippen LogP contribution in [0.4, 0.5) is 0 Å². The standard InChI is InChI=1S/C20H39NO2/c1-7-20(8-2,16-12-10-9-11-13-16)23-17(22)19(6,15-21)14-18(3,4)5/h16H,7-15,21H2,1-6H3. The fourth-order valence-corrected chi connectivity index (χ4v) is 4.39. The lowest BCUT2D eigenvalue weighted by Crippen LogP contribution is -2.48. The van der Waals surface area contributed by atoms with Gasteiger partial charge in [0, 0.05) is 6.54 Å². The SMILES string of the molecule is CCC(CC)(OC(=O)C(C)(CN)CC(C)(C)C)C1CCCCC1. The first kappa shape index (κ1) is 20.5. The summed E-state index contributed by atoms with van der Waals surface area (Å²) >= 11 is 0. The molecule has 1 fully saturated rings. The lowest BCUT2D eigenvalue weighted by molar-refractivity contribution is -0.182. The summed E-state index contributed by atoms with van der Waals surface area (Å²) in [5.41, 5.74) is 5.15. The smallest absolute Gasteiger partial charge is 0.313 e. The van der Waals surface area contributed by atoms with Gasteiger partial charge < -0.3 is 10.5 Å². The molecule has 0 heterocycles. The second-order valence-corrected chi connectivity index (χ2v) is 9.00. The Bertz CT molecular complexity index is 376. The minimum Gasteiger partial charge on any atom is -0.458 e. The van der Waals surface area contributed by atoms with Crippen molar-refractivity contribution in [2.24, 2.45) is 22.5 Å². The lowest BCUT2D eigenvalue weighted by atomic mass is 9.72. The van der Waals surface area contributed by atoms with Gasteiger partial charge in [-0.15, -0.1) is 0 Å². The van der Waals surface area contributed by atoms with Crippen molar-refractivity contribution in [3.8, 4) is 0 Å². The topological polar surface area (TPSA) is 52.3 Å². The first-order valence-corrected chi connectivity index (χ1v) is 9.56. The lowest BCUT2D eigenvalue weighted by Gasteiger charge is -2.44. The molecule has 1 aliphatic carbocycles. The third kappa shape index (κ3) is 5.20. The Morgan fingerprint density at radius 3 is 1.96 bits per heavy atom. The quantitative estimate of drug-likeness (QED) is 0.665. The molecule has 1 rings (SSSR count). The third-order valence-electron chi connectivity index (χ3n) is 5.71. The maximum atomic E-state index is 13.0. The number of nitrogens with two attached hydrogens (primary N) is 1. The number of hydrogen-bond acceptors (Lipinski definition) is 3. The van der Waals surface area contributed by atoms with Crippen molar-refractivity contribution < 1.29 is 9.53 Å². The van der Waals surface area contributed by atoms with E-state index in [-0.39, 0.29) is 17.0 Å². The first-order chi connectivity index (χ1) is 10.6. The van der Waals surface area contributed by atoms with Gasteiger partial charge in [-0.25, -0.2) is 0 Å². The van der Waals surface area contributed by atoms with Crippen LogP contribution in [0.3, 0.4) is 0 Å². The Labute approximate surface area is 143 Å². The van der Waals surface area contributed by atoms with Gasteiger partial charge in [0.25, 0.3) is 0 Å². The molecule has 0 aromatic heterocycles. The number of hydrogen-bond donors (Lipinski definition) is 1. The van der Waals surface area contributed by atoms with Gasteiger partial charge in [-0.3, -0.25) is 4.79 Å². The summed E-state index contributed by atoms with van der Waals surface area (Å²) in [6.07, 6.45) is 8.77. The number of ether oxygens (including phenoxy) is 1. The molecule has 0 saturated heterocycles. The van der Waals surface area contributed by atoms with Crippen LogP contribution in [0, 0.1) is 16.7 Å². The monoisotopic (exact) mass is 325 g/mol. The number of carbonyl (C=O) groups is 1. The van der Waals surface area contributed by atoms with E-state index in [1.165, 1.54) is 32.1 Å². The second kappa shape index (κ2) is 8.00. The molecule has 136 valence electrons. The Morgan fingerprint density at radius 1 is 1.04 bits per heavy atom. The predicted molar refractivity (Wildman–Crippen MR) is 97.2 cm³/mol. The summed E-state index contributed by atoms with van der Waals surface area (Å²) in [7, 11) is 0. The maximum absolute atomic E-state index is 13.0. The van der Waals surface area contributed by atoms with Gasteiger partial charge >= 0.3 is 5.97 Å². The first-order valence-electron chi connectivity index (χ1n) is 9.56. The molecule has 1 unspecified atom stereocenters. The highest BCUT2D eigenvalue weighted by Crippen LogP contribution is 2.42. The zero-order valence-corrected chi connectivity index (χ0v) is 16.3. The van der Waals surface area contributed by atoms with Gasteiger partial charge in [-0.2, -0.15) is 0 Å². The molecule has 0 aliphatic heterocycles. The van der Waals surface area contributed by atoms with Crippen molar-refractivity contribution in [1.29, 1.82) is 0 Å². The Balaban J connectivity index is 2.95. The maximum Gasteiger partial charge on any atom is 0.313 e. The summed E-state index contributed by atoms with van der Waals surface area (Å²) in [4.78, 5) is 13.0. The van der Waals surface area contributed by atoms with E-state index in [9.17, 15) is 4.79 Å². The highest BCUT2D eigenvalue weighted by Gasteiger charge is 2.45. The van der Waals surface area contributed by atoms with Crippen LogP contribution in [0.5, 0.6) is 0 Å². The molecule has 1 aliphatic rings. The fourth-order valence-electron chi connectivity index (χ4n) is 4.39. The van der Waals surface area contributed by atoms with Gasteiger partial charge in [0.1, 0.15) is 5.60 Å². The van der Waals surface area contributed by atoms with Gasteiger partial charge in [0.15, 0.2) is 0 Å². The molecular weight excluding hydrogens is 286 g/mol. The van der Waals surface area contributed by atoms with Crippen LogP contribution in [0.25, 0.3) is 0 Å². The molecule has 0 spiro atoms. The predicted octanol–water partition coefficient (Wildman–Crippen LogP) is 5.07. The van der Waals surface area contributed by atoms with E-state index in [1.54, 1.807) is 0 Å². The summed E-state index contributed by atoms with van der Waals surface area (Å²) in [5, 5.41) is 0. The Morgan fingerprint density at radius 2 is 1.57 bits per heavy atom. The molecule has 0 aromatic carbocycles. The van der Waals surface area contributed by atoms with Crippen molar-refractivity contribution >= 4 is 5.97 Å². The van der Waals surface area contributed by atoms with Crippen molar-refractivity contribution in [2.45, 2.75) is 98.5 Å². The van der Waals surface area contributed by atoms with E-state index in [0.29, 0.717) is 12.5 Å². The highest BCUT2D eigenvalue weighted by atomic mass is 16.6. The zero-order valence-electron chi connectivity index (χ0n) is 16.3. The van der Waals surface area contributed by atoms with E-state index >= 15 is 0 Å². The molecule has 2 N–H and O–H groups in total. The van der Waals surface area contributed by atoms with Gasteiger partial charge in [0.2, 0.25) is 0 Å². The average Bonchev–Trinajstić information content (AvgIpc) is 2.51. The van der Waals surface area contributed by atoms with Crippen LogP contribution in [-0.2, 0) is 9.53 Å². The molecule has 23 heavy (non-hydrogen) atoms. The van der Waals surface area contributed by atoms with Crippen LogP contribution < -0.4 is 5.73 Å². The normalized spacial score (nSPS) is 20.1. The minimum absolute atomic E-state index is 0.0546. The van der Waals surface area contributed by atoms with Crippen molar-refractivity contribution in [3.63, 3.8) is 0 Å². The molecule has 3 heteroatoms. The molecule has 1 saturated carbocycles. The summed E-state index contributed by atoms with van der Waals surface area (Å²) in [5.74, 6) is 0.413. The van der Waals surface area contributed by atoms with Gasteiger partial charge in [-0.1, -0.05) is 53.9 Å². The molecular formula is C20H39NO2. The van der Waals surface area contributed by atoms with Crippen LogP contribution in [0.1, 0.15) is 92.9 Å². The molecule has 3 nitrogen and oxygen atoms in total. The van der Waals surface area contributed by atoms with E-state index in [0.717, 1.165) is 19.3 Å². The molecule has 0 amide bonds. The third-order valence-corrected chi connectivity index (χ3v) is 5.71. The number of esters is 1. The van der Waals surface area contributed by atoms with Crippen molar-refractivity contribution in [2.75, 3.05) is 6.54 Å². The minimum atomic E-state index is -0.595. The fraction of sp³-hybridized carbons (Fsp3) is 0.950. The summed E-state index contributed by atoms with van der Waals surface area (Å²) in [6, 6.07) is 0. The number of carbonyl (C=O) groups excluding carboxylic acids is 1. The van der Waals surface area contributed by atoms with Crippen LogP contribution in [0.2, 0.25) is 0 Å². The van der Waals surface area contributed by atoms with E-state index < -0.39 is 5.41 Å². The highest BCUT2D eigenvalue weighted by molar-refractivity contribution is 5.77. The van der Waals surface area contributed by atoms with E-state index in [2.05, 4.69) is 34.6 Å². The summed E-state index contributed by atoms with van der Waals surface area (Å²) in [6.45, 7) is 13.1. The van der Waals surface area contributed by atoms with Crippen LogP contribution in [0.15, 0.2) is 0 Å². The van der Waals surface area contributed by atoms with Crippen molar-refractivity contribution in [1.82, 2.24) is 0 Å². The van der Waals surface area contributed by atoms with Gasteiger partial charge in [0.05, 0.1) is 5.41 Å². The Kier molecular flexibility index (Phi) is 7.12. The van der Waals surface area contributed by atoms with Gasteiger partial charge in [-0.05, 0) is 50.4 Å². The molecule has 1 atom stereocenters. The van der Waals surface area contributed by atoms with E-state index in [1.807, 2.05) is 6.92 Å². The summed E-state index contributed by atoms with van der Waals surface area (Å²) < 4.78 is 6.26. The number of rotatable bonds is 7. The van der Waals surface area contributed by atoms with Crippen LogP contribution >= 0.6 is 0 Å². The van der Waals surface area contributed by atoms with Crippen molar-refractivity contribution in [3.05, 3.63) is 0 Å². The average molecular weight is 326 g/mol. The van der Waals surface area contributed by atoms with Crippen LogP contribution in [-0.4, -0.2) is 18.1 Å². The van der Waals surface area contributed by atoms with E-state index in [4.69, 9.17) is 10.5 Å². The largest absolute Gasteiger partial charge is 0.458 e. The zero-order chi connectivity index (χ0) is 17.7. The Hall–Kier alpha value is -0.570.